The minimum Gasteiger partial charge on any atom is -0.300 e. The van der Waals surface area contributed by atoms with Crippen molar-refractivity contribution in [2.75, 3.05) is 13.1 Å². The zero-order chi connectivity index (χ0) is 13.9. The molecule has 0 radical (unpaired) electrons. The molecule has 2 atom stereocenters. The SMILES string of the molecule is CCCN(CCC)[C@@H]1CC[C@H]2CCCn3ncc(c32)C1. The minimum atomic E-state index is 0.745. The Morgan fingerprint density at radius 3 is 2.75 bits per heavy atom. The quantitative estimate of drug-likeness (QED) is 0.819. The lowest BCUT2D eigenvalue weighted by Crippen LogP contribution is -2.37. The van der Waals surface area contributed by atoms with Gasteiger partial charge >= 0.3 is 0 Å². The molecule has 0 saturated carbocycles. The molecule has 1 aromatic heterocycles. The maximum atomic E-state index is 4.64. The fraction of sp³-hybridized carbons (Fsp3) is 0.824. The number of aryl methyl sites for hydroxylation is 1. The highest BCUT2D eigenvalue weighted by Crippen LogP contribution is 2.37. The van der Waals surface area contributed by atoms with Gasteiger partial charge in [0.05, 0.1) is 6.20 Å². The lowest BCUT2D eigenvalue weighted by Gasteiger charge is -2.30. The van der Waals surface area contributed by atoms with E-state index < -0.39 is 0 Å². The first-order valence-electron chi connectivity index (χ1n) is 8.62. The molecule has 112 valence electrons. The van der Waals surface area contributed by atoms with Crippen LogP contribution in [-0.2, 0) is 13.0 Å². The average Bonchev–Trinajstić information content (AvgIpc) is 2.76. The van der Waals surface area contributed by atoms with E-state index >= 15 is 0 Å². The molecule has 0 spiro atoms. The Morgan fingerprint density at radius 1 is 1.20 bits per heavy atom. The van der Waals surface area contributed by atoms with E-state index in [0.29, 0.717) is 0 Å². The van der Waals surface area contributed by atoms with Gasteiger partial charge in [-0.1, -0.05) is 13.8 Å². The molecule has 0 fully saturated rings. The van der Waals surface area contributed by atoms with Crippen molar-refractivity contribution in [2.24, 2.45) is 0 Å². The van der Waals surface area contributed by atoms with Crippen molar-refractivity contribution in [3.05, 3.63) is 17.5 Å². The predicted molar refractivity (Wildman–Crippen MR) is 83.1 cm³/mol. The van der Waals surface area contributed by atoms with E-state index in [1.807, 2.05) is 0 Å². The van der Waals surface area contributed by atoms with Crippen LogP contribution >= 0.6 is 0 Å². The standard InChI is InChI=1S/C17H29N3/c1-3-9-19(10-4-2)16-8-7-14-6-5-11-20-17(14)15(12-16)13-18-20/h13-14,16H,3-12H2,1-2H3/t14-,16-/m1/s1. The molecule has 0 saturated heterocycles. The van der Waals surface area contributed by atoms with Crippen LogP contribution in [0.1, 0.15) is 69.5 Å². The van der Waals surface area contributed by atoms with Gasteiger partial charge in [-0.15, -0.1) is 0 Å². The molecular weight excluding hydrogens is 246 g/mol. The van der Waals surface area contributed by atoms with Gasteiger partial charge in [0, 0.05) is 24.2 Å². The second-order valence-electron chi connectivity index (χ2n) is 6.59. The molecule has 1 aromatic rings. The summed E-state index contributed by atoms with van der Waals surface area (Å²) >= 11 is 0. The van der Waals surface area contributed by atoms with Gasteiger partial charge < -0.3 is 4.90 Å². The molecular formula is C17H29N3. The fourth-order valence-corrected chi connectivity index (χ4v) is 4.26. The van der Waals surface area contributed by atoms with E-state index in [1.54, 1.807) is 11.3 Å². The van der Waals surface area contributed by atoms with Gasteiger partial charge in [-0.3, -0.25) is 4.68 Å². The number of hydrogen-bond donors (Lipinski definition) is 0. The highest BCUT2D eigenvalue weighted by Gasteiger charge is 2.31. The molecule has 1 aliphatic carbocycles. The summed E-state index contributed by atoms with van der Waals surface area (Å²) in [6.45, 7) is 8.27. The van der Waals surface area contributed by atoms with Crippen molar-refractivity contribution in [1.82, 2.24) is 14.7 Å². The van der Waals surface area contributed by atoms with Gasteiger partial charge in [0.25, 0.3) is 0 Å². The van der Waals surface area contributed by atoms with Crippen LogP contribution in [0, 0.1) is 0 Å². The molecule has 2 heterocycles. The van der Waals surface area contributed by atoms with E-state index in [-0.39, 0.29) is 0 Å². The van der Waals surface area contributed by atoms with Gasteiger partial charge in [-0.2, -0.15) is 5.10 Å². The summed E-state index contributed by atoms with van der Waals surface area (Å²) in [6.07, 6.45) is 11.4. The van der Waals surface area contributed by atoms with Crippen molar-refractivity contribution < 1.29 is 0 Å². The van der Waals surface area contributed by atoms with Crippen LogP contribution < -0.4 is 0 Å². The van der Waals surface area contributed by atoms with Crippen molar-refractivity contribution in [3.8, 4) is 0 Å². The zero-order valence-corrected chi connectivity index (χ0v) is 13.1. The Hall–Kier alpha value is -0.830. The van der Waals surface area contributed by atoms with E-state index in [2.05, 4.69) is 34.7 Å². The number of nitrogens with zero attached hydrogens (tertiary/aromatic N) is 3. The summed E-state index contributed by atoms with van der Waals surface area (Å²) in [5, 5.41) is 4.64. The van der Waals surface area contributed by atoms with Crippen LogP contribution in [0.5, 0.6) is 0 Å². The van der Waals surface area contributed by atoms with Gasteiger partial charge in [0.15, 0.2) is 0 Å². The van der Waals surface area contributed by atoms with Crippen LogP contribution in [0.15, 0.2) is 6.20 Å². The summed E-state index contributed by atoms with van der Waals surface area (Å²) in [5.74, 6) is 0.788. The van der Waals surface area contributed by atoms with Crippen LogP contribution in [0.2, 0.25) is 0 Å². The van der Waals surface area contributed by atoms with Crippen LogP contribution in [0.3, 0.4) is 0 Å². The molecule has 1 aliphatic heterocycles. The first-order chi connectivity index (χ1) is 9.83. The third-order valence-corrected chi connectivity index (χ3v) is 5.11. The lowest BCUT2D eigenvalue weighted by molar-refractivity contribution is 0.182. The first kappa shape index (κ1) is 14.1. The number of hydrogen-bond acceptors (Lipinski definition) is 2. The van der Waals surface area contributed by atoms with Crippen LogP contribution in [-0.4, -0.2) is 33.8 Å². The first-order valence-corrected chi connectivity index (χ1v) is 8.62. The third kappa shape index (κ3) is 2.65. The maximum Gasteiger partial charge on any atom is 0.0525 e. The van der Waals surface area contributed by atoms with Gasteiger partial charge in [-0.05, 0) is 63.6 Å². The minimum absolute atomic E-state index is 0.745. The Bertz CT molecular complexity index is 431. The molecule has 0 amide bonds. The molecule has 3 heteroatoms. The molecule has 0 unspecified atom stereocenters. The highest BCUT2D eigenvalue weighted by atomic mass is 15.3. The fourth-order valence-electron chi connectivity index (χ4n) is 4.26. The summed E-state index contributed by atoms with van der Waals surface area (Å²) < 4.78 is 2.30. The predicted octanol–water partition coefficient (Wildman–Crippen LogP) is 3.59. The second kappa shape index (κ2) is 6.30. The molecule has 0 aromatic carbocycles. The van der Waals surface area contributed by atoms with Crippen LogP contribution in [0.25, 0.3) is 0 Å². The number of aromatic nitrogens is 2. The third-order valence-electron chi connectivity index (χ3n) is 5.11. The highest BCUT2D eigenvalue weighted by molar-refractivity contribution is 5.26. The van der Waals surface area contributed by atoms with Gasteiger partial charge in [0.2, 0.25) is 0 Å². The van der Waals surface area contributed by atoms with E-state index in [1.165, 1.54) is 58.0 Å². The average molecular weight is 275 g/mol. The van der Waals surface area contributed by atoms with Gasteiger partial charge in [0.1, 0.15) is 0 Å². The largest absolute Gasteiger partial charge is 0.300 e. The lowest BCUT2D eigenvalue weighted by atomic mass is 9.91. The van der Waals surface area contributed by atoms with E-state index in [0.717, 1.165) is 18.5 Å². The second-order valence-corrected chi connectivity index (χ2v) is 6.59. The zero-order valence-electron chi connectivity index (χ0n) is 13.1. The molecule has 3 nitrogen and oxygen atoms in total. The van der Waals surface area contributed by atoms with Crippen molar-refractivity contribution >= 4 is 0 Å². The Morgan fingerprint density at radius 2 is 2.00 bits per heavy atom. The maximum absolute atomic E-state index is 4.64. The molecule has 0 bridgehead atoms. The van der Waals surface area contributed by atoms with Crippen molar-refractivity contribution in [2.45, 2.75) is 77.3 Å². The normalized spacial score (nSPS) is 25.6. The summed E-state index contributed by atoms with van der Waals surface area (Å²) in [6, 6.07) is 0.745. The molecule has 3 rings (SSSR count). The van der Waals surface area contributed by atoms with Crippen molar-refractivity contribution in [3.63, 3.8) is 0 Å². The van der Waals surface area contributed by atoms with Crippen molar-refractivity contribution in [1.29, 1.82) is 0 Å². The Balaban J connectivity index is 1.80. The smallest absolute Gasteiger partial charge is 0.0525 e. The monoisotopic (exact) mass is 275 g/mol. The summed E-state index contributed by atoms with van der Waals surface area (Å²) in [4.78, 5) is 2.74. The van der Waals surface area contributed by atoms with Crippen LogP contribution in [0.4, 0.5) is 0 Å². The topological polar surface area (TPSA) is 21.1 Å². The van der Waals surface area contributed by atoms with E-state index in [4.69, 9.17) is 0 Å². The molecule has 0 N–H and O–H groups in total. The summed E-state index contributed by atoms with van der Waals surface area (Å²) in [7, 11) is 0. The molecule has 2 aliphatic rings. The summed E-state index contributed by atoms with van der Waals surface area (Å²) in [5.41, 5.74) is 3.14. The Kier molecular flexibility index (Phi) is 4.45. The molecule has 20 heavy (non-hydrogen) atoms. The van der Waals surface area contributed by atoms with Gasteiger partial charge in [-0.25, -0.2) is 0 Å². The number of rotatable bonds is 5. The van der Waals surface area contributed by atoms with E-state index in [9.17, 15) is 0 Å². The Labute approximate surface area is 123 Å².